The van der Waals surface area contributed by atoms with E-state index in [2.05, 4.69) is 151 Å². The van der Waals surface area contributed by atoms with Gasteiger partial charge in [-0.25, -0.2) is 0 Å². The standard InChI is InChI=1S/C38H27N/c1-26-16-23-36(39-25-26)28-19-17-27(18-20-28)31-21-22-34-35(24-31)38(30-12-6-3-7-13-30)33-15-9-8-14-32(33)37(34)29-10-4-2-5-11-29/h2-25H,1H3. The highest BCUT2D eigenvalue weighted by atomic mass is 14.7. The SMILES string of the molecule is Cc1ccc(-c2ccc(-c3ccc4c(-c5ccccc5)c5ccccc5c(-c5ccccc5)c4c3)cc2)nc1. The normalized spacial score (nSPS) is 11.2. The molecule has 0 unspecified atom stereocenters. The predicted octanol–water partition coefficient (Wildman–Crippen LogP) is 10.4. The first-order chi connectivity index (χ1) is 19.3. The number of nitrogens with zero attached hydrogens (tertiary/aromatic N) is 1. The van der Waals surface area contributed by atoms with Gasteiger partial charge in [-0.05, 0) is 79.5 Å². The van der Waals surface area contributed by atoms with Gasteiger partial charge in [-0.15, -0.1) is 0 Å². The van der Waals surface area contributed by atoms with Gasteiger partial charge in [0, 0.05) is 11.8 Å². The first-order valence-corrected chi connectivity index (χ1v) is 13.4. The van der Waals surface area contributed by atoms with Gasteiger partial charge < -0.3 is 0 Å². The van der Waals surface area contributed by atoms with Gasteiger partial charge in [0.25, 0.3) is 0 Å². The Morgan fingerprint density at radius 2 is 0.897 bits per heavy atom. The van der Waals surface area contributed by atoms with E-state index in [0.717, 1.165) is 11.3 Å². The maximum absolute atomic E-state index is 4.60. The molecule has 39 heavy (non-hydrogen) atoms. The Hall–Kier alpha value is -5.01. The maximum atomic E-state index is 4.60. The van der Waals surface area contributed by atoms with E-state index in [4.69, 9.17) is 0 Å². The molecule has 0 N–H and O–H groups in total. The summed E-state index contributed by atoms with van der Waals surface area (Å²) in [6.45, 7) is 2.07. The molecular formula is C38H27N. The monoisotopic (exact) mass is 497 g/mol. The van der Waals surface area contributed by atoms with E-state index in [1.54, 1.807) is 0 Å². The fourth-order valence-electron chi connectivity index (χ4n) is 5.66. The van der Waals surface area contributed by atoms with Crippen LogP contribution in [0.4, 0.5) is 0 Å². The first-order valence-electron chi connectivity index (χ1n) is 13.4. The molecular weight excluding hydrogens is 470 g/mol. The molecule has 0 fully saturated rings. The summed E-state index contributed by atoms with van der Waals surface area (Å²) < 4.78 is 0. The highest BCUT2D eigenvalue weighted by Crippen LogP contribution is 2.44. The molecule has 0 spiro atoms. The van der Waals surface area contributed by atoms with Crippen LogP contribution in [0.2, 0.25) is 0 Å². The summed E-state index contributed by atoms with van der Waals surface area (Å²) in [6.07, 6.45) is 1.92. The van der Waals surface area contributed by atoms with Crippen molar-refractivity contribution in [1.82, 2.24) is 4.98 Å². The minimum Gasteiger partial charge on any atom is -0.256 e. The Kier molecular flexibility index (Phi) is 5.75. The number of benzene rings is 6. The lowest BCUT2D eigenvalue weighted by atomic mass is 9.85. The van der Waals surface area contributed by atoms with Crippen molar-refractivity contribution in [2.75, 3.05) is 0 Å². The van der Waals surface area contributed by atoms with E-state index in [1.807, 2.05) is 6.20 Å². The Morgan fingerprint density at radius 3 is 1.49 bits per heavy atom. The molecule has 1 heterocycles. The molecule has 0 saturated heterocycles. The van der Waals surface area contributed by atoms with Crippen molar-refractivity contribution < 1.29 is 0 Å². The lowest BCUT2D eigenvalue weighted by Gasteiger charge is -2.18. The first kappa shape index (κ1) is 23.1. The van der Waals surface area contributed by atoms with Crippen LogP contribution in [0.3, 0.4) is 0 Å². The summed E-state index contributed by atoms with van der Waals surface area (Å²) in [5.41, 5.74) is 10.7. The van der Waals surface area contributed by atoms with Crippen LogP contribution in [-0.2, 0) is 0 Å². The van der Waals surface area contributed by atoms with Crippen molar-refractivity contribution in [2.24, 2.45) is 0 Å². The molecule has 0 amide bonds. The Morgan fingerprint density at radius 1 is 0.385 bits per heavy atom. The molecule has 0 aliphatic heterocycles. The fraction of sp³-hybridized carbons (Fsp3) is 0.0263. The van der Waals surface area contributed by atoms with Crippen molar-refractivity contribution in [1.29, 1.82) is 0 Å². The van der Waals surface area contributed by atoms with Crippen molar-refractivity contribution in [2.45, 2.75) is 6.92 Å². The second-order valence-electron chi connectivity index (χ2n) is 10.1. The molecule has 7 rings (SSSR count). The zero-order chi connectivity index (χ0) is 26.2. The van der Waals surface area contributed by atoms with Crippen LogP contribution in [0.25, 0.3) is 66.2 Å². The summed E-state index contributed by atoms with van der Waals surface area (Å²) in [5.74, 6) is 0. The minimum absolute atomic E-state index is 0.996. The molecule has 0 atom stereocenters. The third-order valence-corrected chi connectivity index (χ3v) is 7.57. The van der Waals surface area contributed by atoms with Crippen molar-refractivity contribution in [3.63, 3.8) is 0 Å². The van der Waals surface area contributed by atoms with E-state index in [0.29, 0.717) is 0 Å². The van der Waals surface area contributed by atoms with Crippen LogP contribution in [0.15, 0.2) is 146 Å². The van der Waals surface area contributed by atoms with E-state index >= 15 is 0 Å². The summed E-state index contributed by atoms with van der Waals surface area (Å²) >= 11 is 0. The summed E-state index contributed by atoms with van der Waals surface area (Å²) in [4.78, 5) is 4.60. The van der Waals surface area contributed by atoms with Gasteiger partial charge in [-0.3, -0.25) is 4.98 Å². The average molecular weight is 498 g/mol. The number of hydrogen-bond acceptors (Lipinski definition) is 1. The third kappa shape index (κ3) is 4.19. The van der Waals surface area contributed by atoms with E-state index in [1.165, 1.54) is 60.5 Å². The molecule has 1 nitrogen and oxygen atoms in total. The zero-order valence-corrected chi connectivity index (χ0v) is 21.8. The van der Waals surface area contributed by atoms with Gasteiger partial charge in [0.2, 0.25) is 0 Å². The minimum atomic E-state index is 0.996. The quantitative estimate of drug-likeness (QED) is 0.220. The number of aryl methyl sites for hydroxylation is 1. The van der Waals surface area contributed by atoms with Crippen LogP contribution in [0, 0.1) is 6.92 Å². The second kappa shape index (κ2) is 9.70. The Labute approximate surface area is 229 Å². The molecule has 184 valence electrons. The highest BCUT2D eigenvalue weighted by Gasteiger charge is 2.17. The van der Waals surface area contributed by atoms with Gasteiger partial charge in [-0.1, -0.05) is 127 Å². The lowest BCUT2D eigenvalue weighted by molar-refractivity contribution is 1.27. The van der Waals surface area contributed by atoms with Crippen LogP contribution in [0.1, 0.15) is 5.56 Å². The fourth-order valence-corrected chi connectivity index (χ4v) is 5.66. The molecule has 7 aromatic rings. The summed E-state index contributed by atoms with van der Waals surface area (Å²) in [5, 5.41) is 5.08. The van der Waals surface area contributed by atoms with Gasteiger partial charge in [-0.2, -0.15) is 0 Å². The lowest BCUT2D eigenvalue weighted by Crippen LogP contribution is -1.91. The number of rotatable bonds is 4. The van der Waals surface area contributed by atoms with Gasteiger partial charge in [0.05, 0.1) is 5.69 Å². The van der Waals surface area contributed by atoms with Crippen LogP contribution < -0.4 is 0 Å². The van der Waals surface area contributed by atoms with Gasteiger partial charge in [0.1, 0.15) is 0 Å². The molecule has 6 aromatic carbocycles. The van der Waals surface area contributed by atoms with Crippen LogP contribution in [-0.4, -0.2) is 4.98 Å². The molecule has 0 aliphatic carbocycles. The second-order valence-corrected chi connectivity index (χ2v) is 10.1. The molecule has 0 radical (unpaired) electrons. The summed E-state index contributed by atoms with van der Waals surface area (Å²) in [6, 6.07) is 50.3. The summed E-state index contributed by atoms with van der Waals surface area (Å²) in [7, 11) is 0. The van der Waals surface area contributed by atoms with Gasteiger partial charge >= 0.3 is 0 Å². The molecule has 1 aromatic heterocycles. The molecule has 0 saturated carbocycles. The molecule has 0 aliphatic rings. The smallest absolute Gasteiger partial charge is 0.0702 e. The number of aromatic nitrogens is 1. The largest absolute Gasteiger partial charge is 0.256 e. The maximum Gasteiger partial charge on any atom is 0.0702 e. The number of hydrogen-bond donors (Lipinski definition) is 0. The predicted molar refractivity (Wildman–Crippen MR) is 166 cm³/mol. The highest BCUT2D eigenvalue weighted by molar-refractivity contribution is 6.21. The van der Waals surface area contributed by atoms with E-state index < -0.39 is 0 Å². The van der Waals surface area contributed by atoms with Crippen molar-refractivity contribution in [3.05, 3.63) is 151 Å². The number of pyridine rings is 1. The van der Waals surface area contributed by atoms with E-state index in [-0.39, 0.29) is 0 Å². The average Bonchev–Trinajstić information content (AvgIpc) is 3.01. The van der Waals surface area contributed by atoms with E-state index in [9.17, 15) is 0 Å². The van der Waals surface area contributed by atoms with Crippen LogP contribution in [0.5, 0.6) is 0 Å². The molecule has 1 heteroatoms. The van der Waals surface area contributed by atoms with Gasteiger partial charge in [0.15, 0.2) is 0 Å². The Balaban J connectivity index is 1.48. The zero-order valence-electron chi connectivity index (χ0n) is 21.8. The molecule has 0 bridgehead atoms. The van der Waals surface area contributed by atoms with Crippen molar-refractivity contribution in [3.8, 4) is 44.6 Å². The Bertz CT molecular complexity index is 1920. The van der Waals surface area contributed by atoms with Crippen molar-refractivity contribution >= 4 is 21.5 Å². The topological polar surface area (TPSA) is 12.9 Å². The number of fused-ring (bicyclic) bond motifs is 2. The third-order valence-electron chi connectivity index (χ3n) is 7.57. The van der Waals surface area contributed by atoms with Crippen LogP contribution >= 0.6 is 0 Å².